The normalized spacial score (nSPS) is 18.8. The Bertz CT molecular complexity index is 913. The largest absolute Gasteiger partial charge is 0.481 e. The second kappa shape index (κ2) is 9.01. The van der Waals surface area contributed by atoms with Crippen LogP contribution in [0.4, 0.5) is 0 Å². The van der Waals surface area contributed by atoms with Crippen molar-refractivity contribution < 1.29 is 19.0 Å². The molecule has 1 unspecified atom stereocenters. The predicted molar refractivity (Wildman–Crippen MR) is 110 cm³/mol. The summed E-state index contributed by atoms with van der Waals surface area (Å²) in [6.07, 6.45) is 1.82. The number of nitrogens with one attached hydrogen (secondary N) is 1. The molecule has 2 aliphatic rings. The van der Waals surface area contributed by atoms with Gasteiger partial charge in [-0.05, 0) is 19.4 Å². The lowest BCUT2D eigenvalue weighted by molar-refractivity contribution is 0.0933. The van der Waals surface area contributed by atoms with Crippen molar-refractivity contribution in [3.63, 3.8) is 0 Å². The minimum Gasteiger partial charge on any atom is -0.481 e. The molecule has 0 aromatic carbocycles. The zero-order valence-corrected chi connectivity index (χ0v) is 17.8. The molecule has 2 aliphatic heterocycles. The number of hydrogen-bond donors (Lipinski definition) is 1. The monoisotopic (exact) mass is 415 g/mol. The molecular formula is C21H29N5O4. The SMILES string of the molecule is CCn1nc(CN2CCC(NC(=O)c3ccc(OC)nc3OC)C2)c2c1CCOC2. The van der Waals surface area contributed by atoms with E-state index in [1.807, 2.05) is 0 Å². The number of carbonyl (C=O) groups excluding carboxylic acids is 1. The van der Waals surface area contributed by atoms with E-state index in [4.69, 9.17) is 19.3 Å². The summed E-state index contributed by atoms with van der Waals surface area (Å²) in [7, 11) is 3.02. The van der Waals surface area contributed by atoms with E-state index >= 15 is 0 Å². The van der Waals surface area contributed by atoms with Gasteiger partial charge in [0, 0.05) is 56.0 Å². The van der Waals surface area contributed by atoms with Crippen LogP contribution >= 0.6 is 0 Å². The number of nitrogens with zero attached hydrogens (tertiary/aromatic N) is 4. The maximum atomic E-state index is 12.8. The van der Waals surface area contributed by atoms with Crippen molar-refractivity contribution in [1.29, 1.82) is 0 Å². The van der Waals surface area contributed by atoms with Gasteiger partial charge in [-0.15, -0.1) is 0 Å². The summed E-state index contributed by atoms with van der Waals surface area (Å²) < 4.78 is 18.1. The molecule has 30 heavy (non-hydrogen) atoms. The number of fused-ring (bicyclic) bond motifs is 1. The Balaban J connectivity index is 1.39. The first-order chi connectivity index (χ1) is 14.6. The molecule has 0 spiro atoms. The first-order valence-electron chi connectivity index (χ1n) is 10.4. The fourth-order valence-electron chi connectivity index (χ4n) is 4.20. The van der Waals surface area contributed by atoms with Crippen molar-refractivity contribution in [2.45, 2.75) is 45.5 Å². The van der Waals surface area contributed by atoms with E-state index in [0.29, 0.717) is 18.1 Å². The molecule has 0 aliphatic carbocycles. The number of carbonyl (C=O) groups is 1. The number of aryl methyl sites for hydroxylation is 1. The lowest BCUT2D eigenvalue weighted by Crippen LogP contribution is -2.37. The van der Waals surface area contributed by atoms with E-state index < -0.39 is 0 Å². The van der Waals surface area contributed by atoms with Gasteiger partial charge >= 0.3 is 0 Å². The van der Waals surface area contributed by atoms with E-state index in [-0.39, 0.29) is 17.8 Å². The highest BCUT2D eigenvalue weighted by Gasteiger charge is 2.28. The highest BCUT2D eigenvalue weighted by molar-refractivity contribution is 5.96. The van der Waals surface area contributed by atoms with E-state index in [2.05, 4.69) is 26.8 Å². The summed E-state index contributed by atoms with van der Waals surface area (Å²) in [6, 6.07) is 3.41. The van der Waals surface area contributed by atoms with Gasteiger partial charge in [0.25, 0.3) is 5.91 Å². The Morgan fingerprint density at radius 1 is 1.33 bits per heavy atom. The first kappa shape index (κ1) is 20.6. The highest BCUT2D eigenvalue weighted by atomic mass is 16.5. The van der Waals surface area contributed by atoms with Gasteiger partial charge in [0.2, 0.25) is 11.8 Å². The molecule has 4 rings (SSSR count). The molecule has 0 saturated carbocycles. The third-order valence-corrected chi connectivity index (χ3v) is 5.74. The van der Waals surface area contributed by atoms with Gasteiger partial charge in [-0.1, -0.05) is 0 Å². The maximum absolute atomic E-state index is 12.8. The molecule has 9 heteroatoms. The number of ether oxygens (including phenoxy) is 3. The number of likely N-dealkylation sites (tertiary alicyclic amines) is 1. The van der Waals surface area contributed by atoms with Gasteiger partial charge in [-0.3, -0.25) is 14.4 Å². The van der Waals surface area contributed by atoms with Crippen LogP contribution in [0.2, 0.25) is 0 Å². The van der Waals surface area contributed by atoms with Crippen molar-refractivity contribution in [2.24, 2.45) is 0 Å². The van der Waals surface area contributed by atoms with Gasteiger partial charge in [0.1, 0.15) is 5.56 Å². The number of aromatic nitrogens is 3. The average molecular weight is 415 g/mol. The molecule has 2 aromatic heterocycles. The van der Waals surface area contributed by atoms with E-state index in [0.717, 1.165) is 51.3 Å². The zero-order chi connectivity index (χ0) is 21.1. The number of methoxy groups -OCH3 is 2. The standard InChI is InChI=1S/C21H29N5O4/c1-4-26-18-8-10-30-13-16(18)17(24-26)12-25-9-7-14(11-25)22-20(27)15-5-6-19(28-2)23-21(15)29-3/h5-6,14H,4,7-13H2,1-3H3,(H,22,27). The van der Waals surface area contributed by atoms with Gasteiger partial charge in [-0.2, -0.15) is 10.1 Å². The summed E-state index contributed by atoms with van der Waals surface area (Å²) in [5, 5.41) is 7.93. The molecule has 162 valence electrons. The Morgan fingerprint density at radius 3 is 2.97 bits per heavy atom. The number of amides is 1. The number of hydrogen-bond acceptors (Lipinski definition) is 7. The summed E-state index contributed by atoms with van der Waals surface area (Å²) >= 11 is 0. The van der Waals surface area contributed by atoms with Crippen LogP contribution in [0.3, 0.4) is 0 Å². The Morgan fingerprint density at radius 2 is 2.20 bits per heavy atom. The van der Waals surface area contributed by atoms with E-state index in [1.165, 1.54) is 25.5 Å². The Hall–Kier alpha value is -2.65. The first-order valence-corrected chi connectivity index (χ1v) is 10.4. The van der Waals surface area contributed by atoms with Crippen LogP contribution in [0.5, 0.6) is 11.8 Å². The van der Waals surface area contributed by atoms with Gasteiger partial charge in [-0.25, -0.2) is 0 Å². The number of rotatable bonds is 7. The summed E-state index contributed by atoms with van der Waals surface area (Å²) in [5.41, 5.74) is 4.05. The fourth-order valence-corrected chi connectivity index (χ4v) is 4.20. The molecule has 1 saturated heterocycles. The van der Waals surface area contributed by atoms with Gasteiger partial charge in [0.05, 0.1) is 33.1 Å². The molecule has 0 radical (unpaired) electrons. The Kier molecular flexibility index (Phi) is 6.19. The zero-order valence-electron chi connectivity index (χ0n) is 17.8. The van der Waals surface area contributed by atoms with Crippen LogP contribution in [-0.4, -0.2) is 65.5 Å². The molecule has 2 aromatic rings. The van der Waals surface area contributed by atoms with E-state index in [9.17, 15) is 4.79 Å². The minimum atomic E-state index is -0.185. The van der Waals surface area contributed by atoms with Crippen LogP contribution < -0.4 is 14.8 Å². The summed E-state index contributed by atoms with van der Waals surface area (Å²) in [5.74, 6) is 0.489. The molecule has 1 fully saturated rings. The molecule has 0 bridgehead atoms. The van der Waals surface area contributed by atoms with Gasteiger partial charge in [0.15, 0.2) is 0 Å². The number of pyridine rings is 1. The van der Waals surface area contributed by atoms with Crippen molar-refractivity contribution in [3.05, 3.63) is 34.6 Å². The maximum Gasteiger partial charge on any atom is 0.257 e. The van der Waals surface area contributed by atoms with Crippen LogP contribution in [0.15, 0.2) is 12.1 Å². The molecular weight excluding hydrogens is 386 g/mol. The predicted octanol–water partition coefficient (Wildman–Crippen LogP) is 1.39. The molecule has 1 atom stereocenters. The van der Waals surface area contributed by atoms with E-state index in [1.54, 1.807) is 12.1 Å². The smallest absolute Gasteiger partial charge is 0.257 e. The van der Waals surface area contributed by atoms with Gasteiger partial charge < -0.3 is 19.5 Å². The quantitative estimate of drug-likeness (QED) is 0.731. The van der Waals surface area contributed by atoms with Crippen LogP contribution in [-0.2, 0) is 30.9 Å². The highest BCUT2D eigenvalue weighted by Crippen LogP contribution is 2.24. The van der Waals surface area contributed by atoms with Crippen molar-refractivity contribution >= 4 is 5.91 Å². The third-order valence-electron chi connectivity index (χ3n) is 5.74. The average Bonchev–Trinajstić information content (AvgIpc) is 3.37. The third kappa shape index (κ3) is 4.13. The molecule has 1 amide bonds. The second-order valence-corrected chi connectivity index (χ2v) is 7.59. The molecule has 4 heterocycles. The summed E-state index contributed by atoms with van der Waals surface area (Å²) in [4.78, 5) is 19.3. The fraction of sp³-hybridized carbons (Fsp3) is 0.571. The topological polar surface area (TPSA) is 90.7 Å². The minimum absolute atomic E-state index is 0.0737. The lowest BCUT2D eigenvalue weighted by atomic mass is 10.1. The molecule has 9 nitrogen and oxygen atoms in total. The lowest BCUT2D eigenvalue weighted by Gasteiger charge is -2.18. The van der Waals surface area contributed by atoms with Crippen molar-refractivity contribution in [1.82, 2.24) is 25.0 Å². The Labute approximate surface area is 176 Å². The second-order valence-electron chi connectivity index (χ2n) is 7.59. The van der Waals surface area contributed by atoms with Crippen molar-refractivity contribution in [2.75, 3.05) is 33.9 Å². The van der Waals surface area contributed by atoms with Crippen molar-refractivity contribution in [3.8, 4) is 11.8 Å². The molecule has 1 N–H and O–H groups in total. The van der Waals surface area contributed by atoms with Crippen LogP contribution in [0.25, 0.3) is 0 Å². The van der Waals surface area contributed by atoms with Crippen LogP contribution in [0.1, 0.15) is 40.7 Å². The summed E-state index contributed by atoms with van der Waals surface area (Å²) in [6.45, 7) is 6.87. The van der Waals surface area contributed by atoms with Crippen LogP contribution in [0, 0.1) is 0 Å².